The van der Waals surface area contributed by atoms with Crippen LogP contribution in [-0.2, 0) is 6.54 Å². The van der Waals surface area contributed by atoms with E-state index in [0.717, 1.165) is 22.4 Å². The number of benzene rings is 3. The first-order valence-corrected chi connectivity index (χ1v) is 9.03. The second-order valence-electron chi connectivity index (χ2n) is 6.60. The number of aromatic nitrogens is 3. The molecule has 4 aromatic rings. The van der Waals surface area contributed by atoms with Gasteiger partial charge in [-0.05, 0) is 54.8 Å². The summed E-state index contributed by atoms with van der Waals surface area (Å²) in [6.45, 7) is 4.50. The highest BCUT2D eigenvalue weighted by atomic mass is 16.5. The molecule has 0 radical (unpaired) electrons. The summed E-state index contributed by atoms with van der Waals surface area (Å²) >= 11 is 0. The maximum Gasteiger partial charge on any atom is 0.344 e. The summed E-state index contributed by atoms with van der Waals surface area (Å²) in [5.74, 6) is 1.34. The Balaban J connectivity index is 1.56. The van der Waals surface area contributed by atoms with E-state index in [1.54, 1.807) is 12.1 Å². The van der Waals surface area contributed by atoms with Gasteiger partial charge in [0.05, 0.1) is 0 Å². The number of rotatable bonds is 4. The summed E-state index contributed by atoms with van der Waals surface area (Å²) in [5, 5.41) is 11.0. The number of carbonyl (C=O) groups excluding carboxylic acids is 1. The lowest BCUT2D eigenvalue weighted by atomic mass is 10.0. The van der Waals surface area contributed by atoms with Crippen molar-refractivity contribution < 1.29 is 9.53 Å². The number of hydrogen-bond acceptors (Lipinski definition) is 4. The minimum Gasteiger partial charge on any atom is -0.457 e. The number of nitrogens with one attached hydrogen (secondary N) is 1. The van der Waals surface area contributed by atoms with E-state index in [-0.39, 0.29) is 6.03 Å². The Hall–Kier alpha value is -3.67. The van der Waals surface area contributed by atoms with Crippen LogP contribution in [0.5, 0.6) is 11.5 Å². The van der Waals surface area contributed by atoms with Crippen molar-refractivity contribution in [1.82, 2.24) is 20.3 Å². The highest BCUT2D eigenvalue weighted by Gasteiger charge is 2.14. The van der Waals surface area contributed by atoms with Crippen LogP contribution in [0.4, 0.5) is 4.79 Å². The molecule has 0 aliphatic rings. The number of para-hydroxylation sites is 1. The number of carbonyl (C=O) groups is 1. The lowest BCUT2D eigenvalue weighted by molar-refractivity contribution is 0.239. The van der Waals surface area contributed by atoms with Crippen LogP contribution in [0.25, 0.3) is 11.0 Å². The fraction of sp³-hybridized carbons (Fsp3) is 0.136. The van der Waals surface area contributed by atoms with Crippen LogP contribution in [0.15, 0.2) is 66.7 Å². The summed E-state index contributed by atoms with van der Waals surface area (Å²) in [6, 6.07) is 20.6. The molecule has 1 heterocycles. The quantitative estimate of drug-likeness (QED) is 0.568. The summed E-state index contributed by atoms with van der Waals surface area (Å²) in [6.07, 6.45) is 0. The molecule has 0 atom stereocenters. The van der Waals surface area contributed by atoms with Crippen LogP contribution >= 0.6 is 0 Å². The average molecular weight is 372 g/mol. The lowest BCUT2D eigenvalue weighted by Gasteiger charge is -2.11. The lowest BCUT2D eigenvalue weighted by Crippen LogP contribution is -2.29. The molecule has 1 amide bonds. The largest absolute Gasteiger partial charge is 0.457 e. The third-order valence-electron chi connectivity index (χ3n) is 4.65. The van der Waals surface area contributed by atoms with Gasteiger partial charge >= 0.3 is 6.03 Å². The van der Waals surface area contributed by atoms with Gasteiger partial charge in [0.1, 0.15) is 22.5 Å². The van der Waals surface area contributed by atoms with E-state index >= 15 is 0 Å². The van der Waals surface area contributed by atoms with Crippen molar-refractivity contribution in [2.45, 2.75) is 20.4 Å². The number of fused-ring (bicyclic) bond motifs is 1. The fourth-order valence-electron chi connectivity index (χ4n) is 3.10. The van der Waals surface area contributed by atoms with E-state index in [9.17, 15) is 4.79 Å². The van der Waals surface area contributed by atoms with Crippen LogP contribution in [0.3, 0.4) is 0 Å². The number of hydrogen-bond donors (Lipinski definition) is 1. The van der Waals surface area contributed by atoms with Crippen molar-refractivity contribution in [3.05, 3.63) is 83.4 Å². The SMILES string of the molecule is Cc1cccc(C)c1CNC(=O)n1nnc2ccc(Oc3ccccc3)cc21. The standard InChI is InChI=1S/C22H20N4O2/c1-15-7-6-8-16(2)19(15)14-23-22(27)26-21-13-18(11-12-20(21)24-25-26)28-17-9-4-3-5-10-17/h3-13H,14H2,1-2H3,(H,23,27). The first-order valence-electron chi connectivity index (χ1n) is 9.03. The molecule has 3 aromatic carbocycles. The molecule has 1 N–H and O–H groups in total. The van der Waals surface area contributed by atoms with Gasteiger partial charge in [0.25, 0.3) is 0 Å². The van der Waals surface area contributed by atoms with Crippen molar-refractivity contribution in [2.75, 3.05) is 0 Å². The minimum atomic E-state index is -0.331. The molecule has 0 spiro atoms. The van der Waals surface area contributed by atoms with Gasteiger partial charge in [-0.25, -0.2) is 4.79 Å². The Labute approximate surface area is 162 Å². The van der Waals surface area contributed by atoms with Gasteiger partial charge < -0.3 is 10.1 Å². The van der Waals surface area contributed by atoms with Gasteiger partial charge in [-0.15, -0.1) is 5.10 Å². The smallest absolute Gasteiger partial charge is 0.344 e. The van der Waals surface area contributed by atoms with E-state index in [2.05, 4.69) is 15.6 Å². The predicted molar refractivity (Wildman–Crippen MR) is 108 cm³/mol. The Kier molecular flexibility index (Phi) is 4.76. The molecule has 1 aromatic heterocycles. The monoisotopic (exact) mass is 372 g/mol. The average Bonchev–Trinajstić information content (AvgIpc) is 3.11. The van der Waals surface area contributed by atoms with Crippen LogP contribution in [0, 0.1) is 13.8 Å². The van der Waals surface area contributed by atoms with Gasteiger partial charge in [0.15, 0.2) is 0 Å². The molecule has 0 aliphatic heterocycles. The van der Waals surface area contributed by atoms with Crippen molar-refractivity contribution in [3.8, 4) is 11.5 Å². The minimum absolute atomic E-state index is 0.331. The molecular weight excluding hydrogens is 352 g/mol. The van der Waals surface area contributed by atoms with Crippen LogP contribution in [0.1, 0.15) is 16.7 Å². The molecule has 6 nitrogen and oxygen atoms in total. The molecule has 0 fully saturated rings. The Morgan fingerprint density at radius 1 is 0.964 bits per heavy atom. The van der Waals surface area contributed by atoms with E-state index < -0.39 is 0 Å². The molecule has 0 bridgehead atoms. The number of amides is 1. The summed E-state index contributed by atoms with van der Waals surface area (Å²) in [4.78, 5) is 12.7. The van der Waals surface area contributed by atoms with Crippen LogP contribution in [-0.4, -0.2) is 21.0 Å². The molecule has 0 aliphatic carbocycles. The Bertz CT molecular complexity index is 1120. The maximum atomic E-state index is 12.7. The molecule has 0 saturated carbocycles. The van der Waals surface area contributed by atoms with Crippen molar-refractivity contribution in [3.63, 3.8) is 0 Å². The summed E-state index contributed by atoms with van der Waals surface area (Å²) in [7, 11) is 0. The Morgan fingerprint density at radius 3 is 2.46 bits per heavy atom. The number of ether oxygens (including phenoxy) is 1. The highest BCUT2D eigenvalue weighted by molar-refractivity contribution is 5.88. The molecular formula is C22H20N4O2. The van der Waals surface area contributed by atoms with Crippen molar-refractivity contribution in [2.24, 2.45) is 0 Å². The third-order valence-corrected chi connectivity index (χ3v) is 4.65. The van der Waals surface area contributed by atoms with Crippen LogP contribution in [0.2, 0.25) is 0 Å². The van der Waals surface area contributed by atoms with Gasteiger partial charge in [0, 0.05) is 12.6 Å². The Morgan fingerprint density at radius 2 is 1.71 bits per heavy atom. The summed E-state index contributed by atoms with van der Waals surface area (Å²) in [5.41, 5.74) is 4.60. The number of nitrogens with zero attached hydrogens (tertiary/aromatic N) is 3. The third kappa shape index (κ3) is 3.57. The zero-order chi connectivity index (χ0) is 19.5. The fourth-order valence-corrected chi connectivity index (χ4v) is 3.10. The van der Waals surface area contributed by atoms with Gasteiger partial charge in [0.2, 0.25) is 0 Å². The zero-order valence-electron chi connectivity index (χ0n) is 15.7. The van der Waals surface area contributed by atoms with Gasteiger partial charge in [-0.1, -0.05) is 41.6 Å². The second kappa shape index (κ2) is 7.52. The predicted octanol–water partition coefficient (Wildman–Crippen LogP) is 4.60. The zero-order valence-corrected chi connectivity index (χ0v) is 15.7. The molecule has 28 heavy (non-hydrogen) atoms. The van der Waals surface area contributed by atoms with Gasteiger partial charge in [-0.3, -0.25) is 0 Å². The topological polar surface area (TPSA) is 69.0 Å². The molecule has 0 saturated heterocycles. The van der Waals surface area contributed by atoms with Crippen molar-refractivity contribution in [1.29, 1.82) is 0 Å². The van der Waals surface area contributed by atoms with Crippen LogP contribution < -0.4 is 10.1 Å². The van der Waals surface area contributed by atoms with E-state index in [0.29, 0.717) is 23.3 Å². The highest BCUT2D eigenvalue weighted by Crippen LogP contribution is 2.24. The molecule has 0 unspecified atom stereocenters. The van der Waals surface area contributed by atoms with E-state index in [1.807, 2.05) is 68.4 Å². The van der Waals surface area contributed by atoms with E-state index in [4.69, 9.17) is 4.74 Å². The normalized spacial score (nSPS) is 10.8. The maximum absolute atomic E-state index is 12.7. The first-order chi connectivity index (χ1) is 13.6. The first kappa shape index (κ1) is 17.7. The molecule has 4 rings (SSSR count). The number of aryl methyl sites for hydroxylation is 2. The van der Waals surface area contributed by atoms with Gasteiger partial charge in [-0.2, -0.15) is 4.68 Å². The second-order valence-corrected chi connectivity index (χ2v) is 6.60. The molecule has 6 heteroatoms. The van der Waals surface area contributed by atoms with Crippen molar-refractivity contribution >= 4 is 17.1 Å². The molecule has 140 valence electrons. The summed E-state index contributed by atoms with van der Waals surface area (Å²) < 4.78 is 7.12. The van der Waals surface area contributed by atoms with E-state index in [1.165, 1.54) is 4.68 Å².